The Balaban J connectivity index is 2.22. The Morgan fingerprint density at radius 3 is 2.26 bits per heavy atom. The summed E-state index contributed by atoms with van der Waals surface area (Å²) in [4.78, 5) is 5.82. The van der Waals surface area contributed by atoms with Gasteiger partial charge < -0.3 is 0 Å². The molecule has 0 bridgehead atoms. The monoisotopic (exact) mass is 346 g/mol. The number of aliphatic imine (C=N–C) groups is 1. The molecule has 0 unspecified atom stereocenters. The minimum absolute atomic E-state index is 0.0492. The minimum Gasteiger partial charge on any atom is -0.297 e. The highest BCUT2D eigenvalue weighted by Gasteiger charge is 2.20. The van der Waals surface area contributed by atoms with E-state index in [2.05, 4.69) is 62.1 Å². The predicted molar refractivity (Wildman–Crippen MR) is 103 cm³/mol. The van der Waals surface area contributed by atoms with Gasteiger partial charge in [0.2, 0.25) is 0 Å². The molecule has 0 spiro atoms. The van der Waals surface area contributed by atoms with E-state index in [1.54, 1.807) is 11.9 Å². The molecule has 2 aromatic rings. The third-order valence-corrected chi connectivity index (χ3v) is 4.91. The predicted octanol–water partition coefficient (Wildman–Crippen LogP) is 6.42. The largest absolute Gasteiger partial charge is 0.297 e. The number of benzene rings is 2. The van der Waals surface area contributed by atoms with Gasteiger partial charge in [0.1, 0.15) is 6.34 Å². The van der Waals surface area contributed by atoms with Crippen LogP contribution in [0, 0.1) is 13.8 Å². The Hall–Kier alpha value is -1.45. The summed E-state index contributed by atoms with van der Waals surface area (Å²) in [7, 11) is 0. The van der Waals surface area contributed by atoms with Crippen molar-refractivity contribution in [3.63, 3.8) is 0 Å². The average Bonchev–Trinajstić information content (AvgIpc) is 2.46. The topological polar surface area (TPSA) is 15.6 Å². The summed E-state index contributed by atoms with van der Waals surface area (Å²) in [6.07, 6.45) is 1.91. The van der Waals surface area contributed by atoms with Crippen LogP contribution in [-0.2, 0) is 0 Å². The summed E-state index contributed by atoms with van der Waals surface area (Å²) < 4.78 is 2.16. The van der Waals surface area contributed by atoms with Crippen molar-refractivity contribution in [2.75, 3.05) is 0 Å². The lowest BCUT2D eigenvalue weighted by molar-refractivity contribution is 0.386. The van der Waals surface area contributed by atoms with E-state index in [0.717, 1.165) is 15.6 Å². The fraction of sp³-hybridized carbons (Fsp3) is 0.316. The quantitative estimate of drug-likeness (QED) is 0.360. The Labute approximate surface area is 148 Å². The second-order valence-electron chi connectivity index (χ2n) is 6.58. The van der Waals surface area contributed by atoms with E-state index in [0.29, 0.717) is 0 Å². The van der Waals surface area contributed by atoms with Crippen molar-refractivity contribution < 1.29 is 0 Å². The Kier molecular flexibility index (Phi) is 5.77. The third-order valence-electron chi connectivity index (χ3n) is 3.33. The number of hydrogen-bond donors (Lipinski definition) is 0. The summed E-state index contributed by atoms with van der Waals surface area (Å²) in [5.41, 5.74) is 3.39. The zero-order chi connectivity index (χ0) is 17.0. The second-order valence-corrected chi connectivity index (χ2v) is 8.06. The fourth-order valence-corrected chi connectivity index (χ4v) is 2.99. The van der Waals surface area contributed by atoms with Crippen molar-refractivity contribution in [1.29, 1.82) is 0 Å². The SMILES string of the molecule is Cc1ccc(N=CN(Sc2ccc(Cl)cc2)C(C)(C)C)c(C)c1. The molecule has 0 saturated heterocycles. The lowest BCUT2D eigenvalue weighted by Gasteiger charge is -2.32. The summed E-state index contributed by atoms with van der Waals surface area (Å²) in [6.45, 7) is 10.7. The van der Waals surface area contributed by atoms with E-state index in [-0.39, 0.29) is 5.54 Å². The minimum atomic E-state index is -0.0492. The summed E-state index contributed by atoms with van der Waals surface area (Å²) in [5, 5.41) is 0.751. The van der Waals surface area contributed by atoms with Crippen LogP contribution in [0.4, 0.5) is 5.69 Å². The molecule has 0 N–H and O–H groups in total. The zero-order valence-electron chi connectivity index (χ0n) is 14.3. The summed E-state index contributed by atoms with van der Waals surface area (Å²) >= 11 is 7.62. The first-order valence-electron chi connectivity index (χ1n) is 7.60. The molecule has 0 heterocycles. The number of aryl methyl sites for hydroxylation is 2. The van der Waals surface area contributed by atoms with Gasteiger partial charge in [-0.25, -0.2) is 4.99 Å². The molecule has 23 heavy (non-hydrogen) atoms. The van der Waals surface area contributed by atoms with Crippen molar-refractivity contribution in [3.05, 3.63) is 58.6 Å². The highest BCUT2D eigenvalue weighted by molar-refractivity contribution is 7.97. The van der Waals surface area contributed by atoms with Crippen LogP contribution in [0.25, 0.3) is 0 Å². The van der Waals surface area contributed by atoms with Gasteiger partial charge in [-0.1, -0.05) is 29.3 Å². The summed E-state index contributed by atoms with van der Waals surface area (Å²) in [6, 6.07) is 14.2. The molecule has 122 valence electrons. The standard InChI is InChI=1S/C19H23ClN2S/c1-14-6-11-18(15(2)12-14)21-13-22(19(3,4)5)23-17-9-7-16(20)8-10-17/h6-13H,1-5H3. The van der Waals surface area contributed by atoms with E-state index in [1.165, 1.54) is 11.1 Å². The van der Waals surface area contributed by atoms with Gasteiger partial charge in [0.25, 0.3) is 0 Å². The second kappa shape index (κ2) is 7.41. The molecule has 2 aromatic carbocycles. The Morgan fingerprint density at radius 1 is 1.04 bits per heavy atom. The maximum atomic E-state index is 5.96. The summed E-state index contributed by atoms with van der Waals surface area (Å²) in [5.74, 6) is 0. The van der Waals surface area contributed by atoms with Gasteiger partial charge in [0, 0.05) is 15.5 Å². The first-order chi connectivity index (χ1) is 10.8. The smallest absolute Gasteiger partial charge is 0.102 e. The van der Waals surface area contributed by atoms with Gasteiger partial charge >= 0.3 is 0 Å². The Bertz CT molecular complexity index is 688. The maximum absolute atomic E-state index is 5.96. The molecule has 0 aromatic heterocycles. The average molecular weight is 347 g/mol. The lowest BCUT2D eigenvalue weighted by atomic mass is 10.1. The van der Waals surface area contributed by atoms with Crippen LogP contribution < -0.4 is 0 Å². The van der Waals surface area contributed by atoms with Crippen molar-refractivity contribution >= 4 is 35.6 Å². The van der Waals surface area contributed by atoms with E-state index in [9.17, 15) is 0 Å². The van der Waals surface area contributed by atoms with Crippen molar-refractivity contribution in [2.45, 2.75) is 45.1 Å². The van der Waals surface area contributed by atoms with Crippen LogP contribution >= 0.6 is 23.5 Å². The molecule has 0 atom stereocenters. The van der Waals surface area contributed by atoms with Gasteiger partial charge in [-0.3, -0.25) is 4.31 Å². The zero-order valence-corrected chi connectivity index (χ0v) is 15.9. The van der Waals surface area contributed by atoms with Gasteiger partial charge in [-0.2, -0.15) is 0 Å². The van der Waals surface area contributed by atoms with Crippen molar-refractivity contribution in [3.8, 4) is 0 Å². The van der Waals surface area contributed by atoms with Gasteiger partial charge in [0.15, 0.2) is 0 Å². The number of nitrogens with zero attached hydrogens (tertiary/aromatic N) is 2. The van der Waals surface area contributed by atoms with Crippen molar-refractivity contribution in [1.82, 2.24) is 4.31 Å². The van der Waals surface area contributed by atoms with Crippen molar-refractivity contribution in [2.24, 2.45) is 4.99 Å². The van der Waals surface area contributed by atoms with Gasteiger partial charge in [-0.15, -0.1) is 0 Å². The molecule has 2 nitrogen and oxygen atoms in total. The third kappa shape index (κ3) is 5.29. The van der Waals surface area contributed by atoms with Gasteiger partial charge in [-0.05, 0) is 82.5 Å². The van der Waals surface area contributed by atoms with E-state index in [1.807, 2.05) is 30.6 Å². The molecule has 0 aliphatic heterocycles. The molecule has 2 rings (SSSR count). The highest BCUT2D eigenvalue weighted by atomic mass is 35.5. The molecule has 0 amide bonds. The lowest BCUT2D eigenvalue weighted by Crippen LogP contribution is -2.34. The van der Waals surface area contributed by atoms with Crippen LogP contribution in [0.1, 0.15) is 31.9 Å². The van der Waals surface area contributed by atoms with Crippen LogP contribution in [0.2, 0.25) is 5.02 Å². The maximum Gasteiger partial charge on any atom is 0.102 e. The van der Waals surface area contributed by atoms with Crippen LogP contribution in [-0.4, -0.2) is 16.2 Å². The first kappa shape index (κ1) is 17.9. The van der Waals surface area contributed by atoms with Gasteiger partial charge in [0.05, 0.1) is 5.69 Å². The molecular formula is C19H23ClN2S. The molecule has 4 heteroatoms. The van der Waals surface area contributed by atoms with Crippen LogP contribution in [0.5, 0.6) is 0 Å². The van der Waals surface area contributed by atoms with Crippen LogP contribution in [0.3, 0.4) is 0 Å². The molecule has 0 saturated carbocycles. The fourth-order valence-electron chi connectivity index (χ4n) is 2.01. The molecule has 0 aliphatic carbocycles. The number of rotatable bonds is 4. The number of hydrogen-bond acceptors (Lipinski definition) is 2. The molecule has 0 fully saturated rings. The normalized spacial score (nSPS) is 11.9. The highest BCUT2D eigenvalue weighted by Crippen LogP contribution is 2.30. The van der Waals surface area contributed by atoms with E-state index in [4.69, 9.17) is 11.6 Å². The Morgan fingerprint density at radius 2 is 1.70 bits per heavy atom. The molecule has 0 aliphatic rings. The van der Waals surface area contributed by atoms with E-state index < -0.39 is 0 Å². The first-order valence-corrected chi connectivity index (χ1v) is 8.75. The molecule has 0 radical (unpaired) electrons. The van der Waals surface area contributed by atoms with Crippen LogP contribution in [0.15, 0.2) is 52.4 Å². The molecular weight excluding hydrogens is 324 g/mol. The number of halogens is 1. The van der Waals surface area contributed by atoms with E-state index >= 15 is 0 Å².